The van der Waals surface area contributed by atoms with E-state index < -0.39 is 0 Å². The van der Waals surface area contributed by atoms with Crippen molar-refractivity contribution in [2.24, 2.45) is 5.73 Å². The molecule has 2 N–H and O–H groups in total. The quantitative estimate of drug-likeness (QED) is 0.782. The van der Waals surface area contributed by atoms with E-state index in [1.807, 2.05) is 37.3 Å². The molecule has 0 bridgehead atoms. The summed E-state index contributed by atoms with van der Waals surface area (Å²) < 4.78 is 14.0. The van der Waals surface area contributed by atoms with E-state index in [-0.39, 0.29) is 17.1 Å². The normalized spacial score (nSPS) is 14.0. The summed E-state index contributed by atoms with van der Waals surface area (Å²) in [6.45, 7) is 2.01. The summed E-state index contributed by atoms with van der Waals surface area (Å²) in [5.74, 6) is -0.221. The second-order valence-corrected chi connectivity index (χ2v) is 6.15. The Morgan fingerprint density at radius 3 is 2.45 bits per heavy atom. The minimum Gasteiger partial charge on any atom is -0.326 e. The molecule has 106 valence electrons. The SMILES string of the molecule is CCC(N)C(Sc1ccccc1Cl)c1ccccc1F. The van der Waals surface area contributed by atoms with Crippen molar-refractivity contribution < 1.29 is 4.39 Å². The van der Waals surface area contributed by atoms with E-state index in [1.54, 1.807) is 12.1 Å². The summed E-state index contributed by atoms with van der Waals surface area (Å²) in [7, 11) is 0. The van der Waals surface area contributed by atoms with E-state index >= 15 is 0 Å². The molecule has 0 aliphatic carbocycles. The summed E-state index contributed by atoms with van der Waals surface area (Å²) in [4.78, 5) is 0.923. The van der Waals surface area contributed by atoms with E-state index in [2.05, 4.69) is 0 Å². The van der Waals surface area contributed by atoms with Crippen molar-refractivity contribution in [1.82, 2.24) is 0 Å². The van der Waals surface area contributed by atoms with Crippen LogP contribution < -0.4 is 5.73 Å². The van der Waals surface area contributed by atoms with Gasteiger partial charge in [-0.15, -0.1) is 11.8 Å². The van der Waals surface area contributed by atoms with Crippen molar-refractivity contribution in [1.29, 1.82) is 0 Å². The second kappa shape index (κ2) is 7.11. The molecule has 4 heteroatoms. The summed E-state index contributed by atoms with van der Waals surface area (Å²) in [5.41, 5.74) is 6.82. The molecule has 1 nitrogen and oxygen atoms in total. The smallest absolute Gasteiger partial charge is 0.127 e. The fraction of sp³-hybridized carbons (Fsp3) is 0.250. The van der Waals surface area contributed by atoms with Crippen molar-refractivity contribution in [3.63, 3.8) is 0 Å². The summed E-state index contributed by atoms with van der Waals surface area (Å²) in [5, 5.41) is 0.517. The van der Waals surface area contributed by atoms with Crippen LogP contribution in [0.3, 0.4) is 0 Å². The molecule has 0 fully saturated rings. The van der Waals surface area contributed by atoms with Gasteiger partial charge in [0.25, 0.3) is 0 Å². The molecule has 0 saturated carbocycles. The Balaban J connectivity index is 2.35. The molecular formula is C16H17ClFNS. The van der Waals surface area contributed by atoms with E-state index in [0.29, 0.717) is 10.6 Å². The van der Waals surface area contributed by atoms with E-state index in [1.165, 1.54) is 17.8 Å². The van der Waals surface area contributed by atoms with Crippen molar-refractivity contribution >= 4 is 23.4 Å². The number of rotatable bonds is 5. The Morgan fingerprint density at radius 1 is 1.15 bits per heavy atom. The van der Waals surface area contributed by atoms with Crippen LogP contribution in [0, 0.1) is 5.82 Å². The third kappa shape index (κ3) is 3.54. The van der Waals surface area contributed by atoms with Crippen molar-refractivity contribution in [3.8, 4) is 0 Å². The zero-order chi connectivity index (χ0) is 14.5. The molecule has 0 aliphatic heterocycles. The second-order valence-electron chi connectivity index (χ2n) is 4.56. The van der Waals surface area contributed by atoms with Gasteiger partial charge in [0.05, 0.1) is 10.3 Å². The van der Waals surface area contributed by atoms with E-state index in [4.69, 9.17) is 17.3 Å². The van der Waals surface area contributed by atoms with Crippen LogP contribution in [0.2, 0.25) is 5.02 Å². The Morgan fingerprint density at radius 2 is 1.80 bits per heavy atom. The summed E-state index contributed by atoms with van der Waals surface area (Å²) in [6.07, 6.45) is 0.774. The van der Waals surface area contributed by atoms with Gasteiger partial charge in [0.1, 0.15) is 5.82 Å². The average molecular weight is 310 g/mol. The maximum absolute atomic E-state index is 14.0. The molecule has 0 radical (unpaired) electrons. The maximum atomic E-state index is 14.0. The van der Waals surface area contributed by atoms with Gasteiger partial charge in [0.2, 0.25) is 0 Å². The van der Waals surface area contributed by atoms with Gasteiger partial charge >= 0.3 is 0 Å². The molecule has 0 aromatic heterocycles. The first-order valence-electron chi connectivity index (χ1n) is 6.54. The Kier molecular flexibility index (Phi) is 5.46. The lowest BCUT2D eigenvalue weighted by molar-refractivity contribution is 0.572. The largest absolute Gasteiger partial charge is 0.326 e. The average Bonchev–Trinajstić information content (AvgIpc) is 2.47. The molecule has 2 aromatic rings. The topological polar surface area (TPSA) is 26.0 Å². The van der Waals surface area contributed by atoms with Crippen molar-refractivity contribution in [2.45, 2.75) is 29.5 Å². The molecule has 2 aromatic carbocycles. The third-order valence-electron chi connectivity index (χ3n) is 3.16. The van der Waals surface area contributed by atoms with Crippen LogP contribution in [-0.2, 0) is 0 Å². The van der Waals surface area contributed by atoms with Crippen LogP contribution in [0.1, 0.15) is 24.2 Å². The molecular weight excluding hydrogens is 293 g/mol. The fourth-order valence-electron chi connectivity index (χ4n) is 1.98. The first-order chi connectivity index (χ1) is 9.63. The molecule has 20 heavy (non-hydrogen) atoms. The van der Waals surface area contributed by atoms with Crippen LogP contribution in [-0.4, -0.2) is 6.04 Å². The number of thioether (sulfide) groups is 1. The number of hydrogen-bond donors (Lipinski definition) is 1. The first kappa shape index (κ1) is 15.4. The predicted octanol–water partition coefficient (Wildman–Crippen LogP) is 5.05. The Bertz CT molecular complexity index is 576. The van der Waals surface area contributed by atoms with Gasteiger partial charge in [-0.2, -0.15) is 0 Å². The highest BCUT2D eigenvalue weighted by Gasteiger charge is 2.23. The Hall–Kier alpha value is -1.03. The van der Waals surface area contributed by atoms with E-state index in [0.717, 1.165) is 11.3 Å². The molecule has 0 spiro atoms. The van der Waals surface area contributed by atoms with Gasteiger partial charge in [-0.1, -0.05) is 48.9 Å². The summed E-state index contributed by atoms with van der Waals surface area (Å²) in [6, 6.07) is 14.2. The van der Waals surface area contributed by atoms with Gasteiger partial charge in [-0.25, -0.2) is 4.39 Å². The van der Waals surface area contributed by atoms with E-state index in [9.17, 15) is 4.39 Å². The van der Waals surface area contributed by atoms with Gasteiger partial charge in [0, 0.05) is 16.5 Å². The molecule has 2 unspecified atom stereocenters. The number of hydrogen-bond acceptors (Lipinski definition) is 2. The minimum absolute atomic E-state index is 0.131. The molecule has 2 rings (SSSR count). The monoisotopic (exact) mass is 309 g/mol. The standard InChI is InChI=1S/C16H17ClFNS/c1-2-14(19)16(11-7-3-5-9-13(11)18)20-15-10-6-4-8-12(15)17/h3-10,14,16H,2,19H2,1H3. The maximum Gasteiger partial charge on any atom is 0.127 e. The van der Waals surface area contributed by atoms with Crippen molar-refractivity contribution in [2.75, 3.05) is 0 Å². The predicted molar refractivity (Wildman–Crippen MR) is 84.7 cm³/mol. The lowest BCUT2D eigenvalue weighted by Crippen LogP contribution is -2.26. The third-order valence-corrected chi connectivity index (χ3v) is 5.07. The molecule has 0 heterocycles. The summed E-state index contributed by atoms with van der Waals surface area (Å²) >= 11 is 7.71. The van der Waals surface area contributed by atoms with Crippen molar-refractivity contribution in [3.05, 3.63) is 64.9 Å². The van der Waals surface area contributed by atoms with Crippen LogP contribution in [0.5, 0.6) is 0 Å². The highest BCUT2D eigenvalue weighted by molar-refractivity contribution is 7.99. The number of benzene rings is 2. The molecule has 0 aliphatic rings. The highest BCUT2D eigenvalue weighted by Crippen LogP contribution is 2.41. The van der Waals surface area contributed by atoms with Crippen LogP contribution >= 0.6 is 23.4 Å². The zero-order valence-electron chi connectivity index (χ0n) is 11.2. The van der Waals surface area contributed by atoms with Crippen LogP contribution in [0.4, 0.5) is 4.39 Å². The highest BCUT2D eigenvalue weighted by atomic mass is 35.5. The number of nitrogens with two attached hydrogens (primary N) is 1. The minimum atomic E-state index is -0.221. The van der Waals surface area contributed by atoms with Crippen LogP contribution in [0.25, 0.3) is 0 Å². The lowest BCUT2D eigenvalue weighted by Gasteiger charge is -2.23. The van der Waals surface area contributed by atoms with Gasteiger partial charge < -0.3 is 5.73 Å². The molecule has 0 amide bonds. The Labute approximate surface area is 128 Å². The van der Waals surface area contributed by atoms with Gasteiger partial charge in [-0.05, 0) is 24.6 Å². The lowest BCUT2D eigenvalue weighted by atomic mass is 10.0. The van der Waals surface area contributed by atoms with Gasteiger partial charge in [0.15, 0.2) is 0 Å². The van der Waals surface area contributed by atoms with Crippen LogP contribution in [0.15, 0.2) is 53.4 Å². The zero-order valence-corrected chi connectivity index (χ0v) is 12.8. The first-order valence-corrected chi connectivity index (χ1v) is 7.80. The molecule has 0 saturated heterocycles. The fourth-order valence-corrected chi connectivity index (χ4v) is 3.54. The van der Waals surface area contributed by atoms with Gasteiger partial charge in [-0.3, -0.25) is 0 Å². The number of halogens is 2. The molecule has 2 atom stereocenters.